The van der Waals surface area contributed by atoms with E-state index in [9.17, 15) is 0 Å². The maximum atomic E-state index is 6.09. The second kappa shape index (κ2) is 5.15. The number of ether oxygens (including phenoxy) is 3. The highest BCUT2D eigenvalue weighted by Crippen LogP contribution is 2.40. The van der Waals surface area contributed by atoms with Gasteiger partial charge in [0.05, 0.1) is 5.02 Å². The third kappa shape index (κ3) is 2.55. The van der Waals surface area contributed by atoms with Crippen molar-refractivity contribution in [2.45, 2.75) is 6.61 Å². The summed E-state index contributed by atoms with van der Waals surface area (Å²) in [7, 11) is 0. The molecule has 1 aromatic carbocycles. The first kappa shape index (κ1) is 12.4. The molecule has 0 bridgehead atoms. The van der Waals surface area contributed by atoms with Gasteiger partial charge in [0, 0.05) is 6.20 Å². The summed E-state index contributed by atoms with van der Waals surface area (Å²) < 4.78 is 16.1. The molecular weight excluding hydrogens is 289 g/mol. The van der Waals surface area contributed by atoms with E-state index in [4.69, 9.17) is 37.4 Å². The number of aromatic nitrogens is 1. The monoisotopic (exact) mass is 297 g/mol. The lowest BCUT2D eigenvalue weighted by Crippen LogP contribution is -1.97. The van der Waals surface area contributed by atoms with Gasteiger partial charge >= 0.3 is 0 Å². The van der Waals surface area contributed by atoms with Crippen LogP contribution in [0.4, 0.5) is 0 Å². The topological polar surface area (TPSA) is 40.6 Å². The SMILES string of the molecule is Clc1cc(COc2cccnc2Cl)cc2c1OCO2. The predicted octanol–water partition coefficient (Wildman–Crippen LogP) is 3.70. The normalized spacial score (nSPS) is 12.5. The van der Waals surface area contributed by atoms with Crippen LogP contribution in [0.1, 0.15) is 5.56 Å². The first-order chi connectivity index (χ1) is 9.24. The number of hydrogen-bond donors (Lipinski definition) is 0. The van der Waals surface area contributed by atoms with Gasteiger partial charge in [-0.15, -0.1) is 0 Å². The summed E-state index contributed by atoms with van der Waals surface area (Å²) in [6, 6.07) is 7.12. The molecule has 19 heavy (non-hydrogen) atoms. The summed E-state index contributed by atoms with van der Waals surface area (Å²) in [5.74, 6) is 1.73. The van der Waals surface area contributed by atoms with Gasteiger partial charge in [0.25, 0.3) is 0 Å². The first-order valence-corrected chi connectivity index (χ1v) is 6.31. The van der Waals surface area contributed by atoms with Gasteiger partial charge in [-0.25, -0.2) is 4.98 Å². The molecule has 98 valence electrons. The summed E-state index contributed by atoms with van der Waals surface area (Å²) in [6.07, 6.45) is 1.60. The Bertz CT molecular complexity index is 619. The van der Waals surface area contributed by atoms with E-state index in [1.807, 2.05) is 6.07 Å². The van der Waals surface area contributed by atoms with Crippen LogP contribution in [0.15, 0.2) is 30.5 Å². The summed E-state index contributed by atoms with van der Waals surface area (Å²) in [4.78, 5) is 3.94. The van der Waals surface area contributed by atoms with Gasteiger partial charge in [-0.05, 0) is 29.8 Å². The number of benzene rings is 1. The van der Waals surface area contributed by atoms with Crippen LogP contribution in [0, 0.1) is 0 Å². The molecular formula is C13H9Cl2NO3. The Morgan fingerprint density at radius 1 is 1.26 bits per heavy atom. The number of fused-ring (bicyclic) bond motifs is 1. The molecule has 0 radical (unpaired) electrons. The van der Waals surface area contributed by atoms with E-state index in [2.05, 4.69) is 4.98 Å². The Balaban J connectivity index is 1.78. The van der Waals surface area contributed by atoms with Crippen molar-refractivity contribution in [3.63, 3.8) is 0 Å². The highest BCUT2D eigenvalue weighted by molar-refractivity contribution is 6.32. The van der Waals surface area contributed by atoms with Crippen LogP contribution in [0.25, 0.3) is 0 Å². The number of pyridine rings is 1. The van der Waals surface area contributed by atoms with Gasteiger partial charge in [0.2, 0.25) is 6.79 Å². The van der Waals surface area contributed by atoms with Crippen molar-refractivity contribution in [1.29, 1.82) is 0 Å². The third-order valence-electron chi connectivity index (χ3n) is 2.61. The summed E-state index contributed by atoms with van der Waals surface area (Å²) in [5, 5.41) is 0.834. The molecule has 1 aliphatic heterocycles. The van der Waals surface area contributed by atoms with E-state index in [0.717, 1.165) is 5.56 Å². The zero-order valence-corrected chi connectivity index (χ0v) is 11.2. The Labute approximate surface area is 119 Å². The van der Waals surface area contributed by atoms with E-state index in [1.54, 1.807) is 24.4 Å². The lowest BCUT2D eigenvalue weighted by Gasteiger charge is -2.08. The number of rotatable bonds is 3. The second-order valence-corrected chi connectivity index (χ2v) is 4.66. The van der Waals surface area contributed by atoms with Crippen molar-refractivity contribution in [3.05, 3.63) is 46.2 Å². The first-order valence-electron chi connectivity index (χ1n) is 5.55. The largest absolute Gasteiger partial charge is 0.486 e. The molecule has 3 rings (SSSR count). The van der Waals surface area contributed by atoms with E-state index >= 15 is 0 Å². The molecule has 2 heterocycles. The van der Waals surface area contributed by atoms with Crippen LogP contribution in [-0.4, -0.2) is 11.8 Å². The standard InChI is InChI=1S/C13H9Cl2NO3/c14-9-4-8(5-11-12(9)19-7-18-11)6-17-10-2-1-3-16-13(10)15/h1-5H,6-7H2. The zero-order valence-electron chi connectivity index (χ0n) is 9.73. The van der Waals surface area contributed by atoms with Crippen molar-refractivity contribution in [1.82, 2.24) is 4.98 Å². The van der Waals surface area contributed by atoms with Crippen LogP contribution < -0.4 is 14.2 Å². The average molecular weight is 298 g/mol. The number of nitrogens with zero attached hydrogens (tertiary/aromatic N) is 1. The Morgan fingerprint density at radius 2 is 2.16 bits per heavy atom. The van der Waals surface area contributed by atoms with Gasteiger partial charge in [-0.2, -0.15) is 0 Å². The van der Waals surface area contributed by atoms with Crippen molar-refractivity contribution in [3.8, 4) is 17.2 Å². The summed E-state index contributed by atoms with van der Waals surface area (Å²) >= 11 is 12.0. The van der Waals surface area contributed by atoms with Gasteiger partial charge in [0.15, 0.2) is 22.4 Å². The third-order valence-corrected chi connectivity index (χ3v) is 3.17. The fourth-order valence-electron chi connectivity index (χ4n) is 1.74. The van der Waals surface area contributed by atoms with Gasteiger partial charge in [-0.3, -0.25) is 0 Å². The van der Waals surface area contributed by atoms with Gasteiger partial charge < -0.3 is 14.2 Å². The zero-order chi connectivity index (χ0) is 13.2. The maximum absolute atomic E-state index is 6.09. The average Bonchev–Trinajstić information content (AvgIpc) is 2.87. The van der Waals surface area contributed by atoms with Crippen LogP contribution in [0.2, 0.25) is 10.2 Å². The van der Waals surface area contributed by atoms with Crippen molar-refractivity contribution in [2.75, 3.05) is 6.79 Å². The van der Waals surface area contributed by atoms with Gasteiger partial charge in [-0.1, -0.05) is 23.2 Å². The Kier molecular flexibility index (Phi) is 3.36. The molecule has 1 aromatic heterocycles. The molecule has 0 aliphatic carbocycles. The predicted molar refractivity (Wildman–Crippen MR) is 71.2 cm³/mol. The van der Waals surface area contributed by atoms with Crippen LogP contribution >= 0.6 is 23.2 Å². The van der Waals surface area contributed by atoms with E-state index in [1.165, 1.54) is 0 Å². The smallest absolute Gasteiger partial charge is 0.231 e. The molecule has 0 saturated carbocycles. The Hall–Kier alpha value is -1.65. The molecule has 0 amide bonds. The van der Waals surface area contributed by atoms with E-state index in [-0.39, 0.29) is 6.79 Å². The molecule has 0 spiro atoms. The highest BCUT2D eigenvalue weighted by Gasteiger charge is 2.18. The fraction of sp³-hybridized carbons (Fsp3) is 0.154. The Morgan fingerprint density at radius 3 is 3.00 bits per heavy atom. The van der Waals surface area contributed by atoms with Gasteiger partial charge in [0.1, 0.15) is 6.61 Å². The van der Waals surface area contributed by atoms with E-state index in [0.29, 0.717) is 34.0 Å². The quantitative estimate of drug-likeness (QED) is 0.810. The minimum Gasteiger partial charge on any atom is -0.486 e. The van der Waals surface area contributed by atoms with Crippen molar-refractivity contribution >= 4 is 23.2 Å². The molecule has 0 N–H and O–H groups in total. The lowest BCUT2D eigenvalue weighted by molar-refractivity contribution is 0.174. The van der Waals surface area contributed by atoms with E-state index < -0.39 is 0 Å². The van der Waals surface area contributed by atoms with Crippen LogP contribution in [0.3, 0.4) is 0 Å². The molecule has 4 nitrogen and oxygen atoms in total. The fourth-order valence-corrected chi connectivity index (χ4v) is 2.21. The van der Waals surface area contributed by atoms with Crippen molar-refractivity contribution < 1.29 is 14.2 Å². The molecule has 1 aliphatic rings. The molecule has 2 aromatic rings. The summed E-state index contributed by atoms with van der Waals surface area (Å²) in [6.45, 7) is 0.509. The molecule has 0 fully saturated rings. The highest BCUT2D eigenvalue weighted by atomic mass is 35.5. The maximum Gasteiger partial charge on any atom is 0.231 e. The minimum absolute atomic E-state index is 0.188. The molecule has 0 atom stereocenters. The van der Waals surface area contributed by atoms with Crippen LogP contribution in [0.5, 0.6) is 17.2 Å². The lowest BCUT2D eigenvalue weighted by atomic mass is 10.2. The van der Waals surface area contributed by atoms with Crippen LogP contribution in [-0.2, 0) is 6.61 Å². The second-order valence-electron chi connectivity index (χ2n) is 3.89. The molecule has 0 unspecified atom stereocenters. The van der Waals surface area contributed by atoms with Crippen molar-refractivity contribution in [2.24, 2.45) is 0 Å². The number of hydrogen-bond acceptors (Lipinski definition) is 4. The molecule has 6 heteroatoms. The minimum atomic E-state index is 0.188. The molecule has 0 saturated heterocycles. The number of halogens is 2. The summed E-state index contributed by atoms with van der Waals surface area (Å²) in [5.41, 5.74) is 0.870.